The fourth-order valence-electron chi connectivity index (χ4n) is 2.78. The normalized spacial score (nSPS) is 20.3. The molecule has 0 atom stereocenters. The summed E-state index contributed by atoms with van der Waals surface area (Å²) in [7, 11) is -3.78. The van der Waals surface area contributed by atoms with Crippen LogP contribution in [0.2, 0.25) is 5.02 Å². The summed E-state index contributed by atoms with van der Waals surface area (Å²) in [4.78, 5) is -0.290. The number of hydrogen-bond acceptors (Lipinski definition) is 3. The van der Waals surface area contributed by atoms with Crippen LogP contribution < -0.4 is 5.32 Å². The molecule has 0 spiro atoms. The van der Waals surface area contributed by atoms with E-state index < -0.39 is 15.8 Å². The molecule has 1 heterocycles. The largest absolute Gasteiger partial charge is 0.314 e. The molecule has 3 rings (SSSR count). The Bertz CT molecular complexity index is 645. The van der Waals surface area contributed by atoms with Gasteiger partial charge in [-0.1, -0.05) is 11.6 Å². The summed E-state index contributed by atoms with van der Waals surface area (Å²) >= 11 is 5.68. The van der Waals surface area contributed by atoms with E-state index in [1.807, 2.05) is 0 Å². The average molecular weight is 383 g/mol. The van der Waals surface area contributed by atoms with Gasteiger partial charge in [-0.25, -0.2) is 12.8 Å². The van der Waals surface area contributed by atoms with E-state index in [-0.39, 0.29) is 22.3 Å². The van der Waals surface area contributed by atoms with E-state index in [1.165, 1.54) is 29.3 Å². The summed E-state index contributed by atoms with van der Waals surface area (Å²) in [5.74, 6) is 0.0198. The van der Waals surface area contributed by atoms with Gasteiger partial charge in [-0.05, 0) is 56.3 Å². The molecule has 1 saturated carbocycles. The van der Waals surface area contributed by atoms with Crippen LogP contribution in [-0.4, -0.2) is 38.4 Å². The van der Waals surface area contributed by atoms with Crippen LogP contribution >= 0.6 is 24.0 Å². The summed E-state index contributed by atoms with van der Waals surface area (Å²) in [6, 6.07) is 4.05. The van der Waals surface area contributed by atoms with Crippen molar-refractivity contribution in [1.82, 2.24) is 9.62 Å². The van der Waals surface area contributed by atoms with E-state index in [0.29, 0.717) is 19.1 Å². The molecule has 1 aliphatic carbocycles. The van der Waals surface area contributed by atoms with Crippen molar-refractivity contribution in [1.29, 1.82) is 0 Å². The molecule has 4 nitrogen and oxygen atoms in total. The minimum atomic E-state index is -3.78. The van der Waals surface area contributed by atoms with Gasteiger partial charge in [-0.2, -0.15) is 4.31 Å². The van der Waals surface area contributed by atoms with Gasteiger partial charge in [0, 0.05) is 24.2 Å². The molecule has 1 N–H and O–H groups in total. The molecule has 1 saturated heterocycles. The minimum absolute atomic E-state index is 0. The molecule has 1 aliphatic heterocycles. The number of piperidine rings is 1. The lowest BCUT2D eigenvalue weighted by Crippen LogP contribution is -2.45. The fraction of sp³-hybridized carbons (Fsp3) is 0.600. The summed E-state index contributed by atoms with van der Waals surface area (Å²) in [6.45, 7) is 1.88. The Hall–Kier alpha value is -0.400. The molecule has 0 aromatic heterocycles. The van der Waals surface area contributed by atoms with E-state index in [0.717, 1.165) is 31.4 Å². The maximum Gasteiger partial charge on any atom is 0.245 e. The van der Waals surface area contributed by atoms with Crippen LogP contribution in [-0.2, 0) is 10.0 Å². The van der Waals surface area contributed by atoms with Crippen LogP contribution in [0.5, 0.6) is 0 Å². The second-order valence-corrected chi connectivity index (χ2v) is 8.45. The van der Waals surface area contributed by atoms with E-state index in [4.69, 9.17) is 11.6 Å². The van der Waals surface area contributed by atoms with Crippen LogP contribution in [0, 0.1) is 11.7 Å². The Labute approximate surface area is 147 Å². The Kier molecular flexibility index (Phi) is 6.30. The van der Waals surface area contributed by atoms with Crippen molar-refractivity contribution in [3.8, 4) is 0 Å². The number of nitrogens with one attached hydrogen (secondary N) is 1. The summed E-state index contributed by atoms with van der Waals surface area (Å²) < 4.78 is 40.3. The second kappa shape index (κ2) is 7.66. The van der Waals surface area contributed by atoms with Crippen LogP contribution in [0.15, 0.2) is 23.1 Å². The summed E-state index contributed by atoms with van der Waals surface area (Å²) in [5.41, 5.74) is 0. The van der Waals surface area contributed by atoms with Crippen LogP contribution in [0.3, 0.4) is 0 Å². The van der Waals surface area contributed by atoms with Gasteiger partial charge in [0.2, 0.25) is 10.0 Å². The van der Waals surface area contributed by atoms with Gasteiger partial charge in [0.1, 0.15) is 10.7 Å². The number of benzene rings is 1. The van der Waals surface area contributed by atoms with Crippen molar-refractivity contribution in [2.75, 3.05) is 19.6 Å². The third kappa shape index (κ3) is 4.57. The van der Waals surface area contributed by atoms with Gasteiger partial charge < -0.3 is 5.32 Å². The maximum atomic E-state index is 13.9. The Morgan fingerprint density at radius 3 is 2.43 bits per heavy atom. The molecule has 0 bridgehead atoms. The van der Waals surface area contributed by atoms with Crippen molar-refractivity contribution in [2.24, 2.45) is 5.92 Å². The predicted octanol–water partition coefficient (Wildman–Crippen LogP) is 3.05. The van der Waals surface area contributed by atoms with Crippen molar-refractivity contribution >= 4 is 34.0 Å². The van der Waals surface area contributed by atoms with E-state index in [2.05, 4.69) is 5.32 Å². The first-order valence-corrected chi connectivity index (χ1v) is 9.47. The number of halogens is 3. The van der Waals surface area contributed by atoms with Gasteiger partial charge >= 0.3 is 0 Å². The standard InChI is InChI=1S/C15H20ClFN2O2S.ClH/c16-12-3-4-15(14(17)9-12)22(20,21)19-7-5-13(6-8-19)18-10-11-1-2-11;/h3-4,9,11,13,18H,1-2,5-8,10H2;1H. The smallest absolute Gasteiger partial charge is 0.245 e. The third-order valence-corrected chi connectivity index (χ3v) is 6.52. The van der Waals surface area contributed by atoms with E-state index in [1.54, 1.807) is 0 Å². The summed E-state index contributed by atoms with van der Waals surface area (Å²) in [6.07, 6.45) is 4.13. The lowest BCUT2D eigenvalue weighted by atomic mass is 10.1. The number of hydrogen-bond donors (Lipinski definition) is 1. The average Bonchev–Trinajstić information content (AvgIpc) is 3.29. The number of nitrogens with zero attached hydrogens (tertiary/aromatic N) is 1. The minimum Gasteiger partial charge on any atom is -0.314 e. The lowest BCUT2D eigenvalue weighted by molar-refractivity contribution is 0.287. The molecule has 2 aliphatic rings. The topological polar surface area (TPSA) is 49.4 Å². The highest BCUT2D eigenvalue weighted by atomic mass is 35.5. The molecule has 1 aromatic carbocycles. The number of sulfonamides is 1. The first-order valence-electron chi connectivity index (χ1n) is 7.65. The highest BCUT2D eigenvalue weighted by Gasteiger charge is 2.32. The molecule has 1 aromatic rings. The SMILES string of the molecule is Cl.O=S(=O)(c1ccc(Cl)cc1F)N1CCC(NCC2CC2)CC1. The van der Waals surface area contributed by atoms with Crippen molar-refractivity contribution in [3.05, 3.63) is 29.0 Å². The molecule has 0 unspecified atom stereocenters. The molecule has 0 radical (unpaired) electrons. The van der Waals surface area contributed by atoms with Gasteiger partial charge in [0.05, 0.1) is 0 Å². The first kappa shape index (κ1) is 18.9. The van der Waals surface area contributed by atoms with Gasteiger partial charge in [-0.15, -0.1) is 12.4 Å². The maximum absolute atomic E-state index is 13.9. The van der Waals surface area contributed by atoms with Gasteiger partial charge in [0.25, 0.3) is 0 Å². The third-order valence-electron chi connectivity index (χ3n) is 4.36. The molecule has 0 amide bonds. The lowest BCUT2D eigenvalue weighted by Gasteiger charge is -2.31. The van der Waals surface area contributed by atoms with E-state index in [9.17, 15) is 12.8 Å². The zero-order valence-electron chi connectivity index (χ0n) is 12.7. The fourth-order valence-corrected chi connectivity index (χ4v) is 4.45. The molecule has 2 fully saturated rings. The first-order chi connectivity index (χ1) is 10.5. The van der Waals surface area contributed by atoms with E-state index >= 15 is 0 Å². The van der Waals surface area contributed by atoms with Crippen molar-refractivity contribution in [3.63, 3.8) is 0 Å². The highest BCUT2D eigenvalue weighted by molar-refractivity contribution is 7.89. The molecule has 23 heavy (non-hydrogen) atoms. The summed E-state index contributed by atoms with van der Waals surface area (Å²) in [5, 5.41) is 3.70. The molecule has 130 valence electrons. The zero-order chi connectivity index (χ0) is 15.7. The molecular weight excluding hydrogens is 362 g/mol. The quantitative estimate of drug-likeness (QED) is 0.850. The molecule has 8 heteroatoms. The van der Waals surface area contributed by atoms with Crippen molar-refractivity contribution < 1.29 is 12.8 Å². The zero-order valence-corrected chi connectivity index (χ0v) is 15.1. The van der Waals surface area contributed by atoms with Crippen LogP contribution in [0.25, 0.3) is 0 Å². The van der Waals surface area contributed by atoms with Crippen LogP contribution in [0.1, 0.15) is 25.7 Å². The second-order valence-electron chi connectivity index (χ2n) is 6.10. The monoisotopic (exact) mass is 382 g/mol. The highest BCUT2D eigenvalue weighted by Crippen LogP contribution is 2.29. The number of rotatable bonds is 5. The van der Waals surface area contributed by atoms with Gasteiger partial charge in [0.15, 0.2) is 0 Å². The predicted molar refractivity (Wildman–Crippen MR) is 91.2 cm³/mol. The Morgan fingerprint density at radius 1 is 1.22 bits per heavy atom. The Balaban J connectivity index is 0.00000192. The van der Waals surface area contributed by atoms with Crippen molar-refractivity contribution in [2.45, 2.75) is 36.6 Å². The van der Waals surface area contributed by atoms with Crippen LogP contribution in [0.4, 0.5) is 4.39 Å². The molecular formula is C15H21Cl2FN2O2S. The Morgan fingerprint density at radius 2 is 1.87 bits per heavy atom. The van der Waals surface area contributed by atoms with Gasteiger partial charge in [-0.3, -0.25) is 0 Å².